The zero-order valence-corrected chi connectivity index (χ0v) is 21.5. The molecule has 2 amide bonds. The van der Waals surface area contributed by atoms with Crippen molar-refractivity contribution in [1.29, 1.82) is 0 Å². The summed E-state index contributed by atoms with van der Waals surface area (Å²) in [6, 6.07) is 4.42. The van der Waals surface area contributed by atoms with Crippen molar-refractivity contribution in [2.45, 2.75) is 78.2 Å². The van der Waals surface area contributed by atoms with E-state index in [4.69, 9.17) is 14.3 Å². The monoisotopic (exact) mass is 482 g/mol. The Hall–Kier alpha value is -2.72. The van der Waals surface area contributed by atoms with Crippen LogP contribution in [0.3, 0.4) is 0 Å². The van der Waals surface area contributed by atoms with Crippen LogP contribution in [-0.4, -0.2) is 58.1 Å². The van der Waals surface area contributed by atoms with Gasteiger partial charge in [0.05, 0.1) is 28.1 Å². The normalized spacial score (nSPS) is 24.2. The summed E-state index contributed by atoms with van der Waals surface area (Å²) in [5.74, 6) is 0.457. The zero-order valence-electron chi connectivity index (χ0n) is 21.5. The zero-order chi connectivity index (χ0) is 25.7. The molecule has 2 aliphatic rings. The van der Waals surface area contributed by atoms with Crippen molar-refractivity contribution < 1.29 is 18.9 Å². The van der Waals surface area contributed by atoms with Gasteiger partial charge in [-0.05, 0) is 63.5 Å². The number of carbonyl (C=O) groups is 2. The van der Waals surface area contributed by atoms with Gasteiger partial charge in [0.1, 0.15) is 11.9 Å². The van der Waals surface area contributed by atoms with Gasteiger partial charge >= 0.3 is 7.12 Å². The molecular formula is C25H35BN4O5. The van der Waals surface area contributed by atoms with Crippen molar-refractivity contribution in [1.82, 2.24) is 20.2 Å². The molecule has 188 valence electrons. The summed E-state index contributed by atoms with van der Waals surface area (Å²) < 4.78 is 12.3. The lowest BCUT2D eigenvalue weighted by atomic mass is 9.78. The number of rotatable bonds is 6. The summed E-state index contributed by atoms with van der Waals surface area (Å²) in [5, 5.41) is 3.08. The number of nitrogens with one attached hydrogen (secondary N) is 2. The summed E-state index contributed by atoms with van der Waals surface area (Å²) in [4.78, 5) is 46.9. The van der Waals surface area contributed by atoms with Gasteiger partial charge < -0.3 is 24.5 Å². The standard InChI is InChI=1S/C25H35BN4O5/c1-14(2)20(27-13-31)23(33)30-12-15(3)10-19(30)21-28-18-9-8-16(11-17(18)22(32)29-21)26-34-24(4,5)25(6,7)35-26/h8-9,11,13-15,19-20H,10,12H2,1-7H3,(H,27,31)(H,28,29,32). The Balaban J connectivity index is 1.66. The molecule has 4 rings (SSSR count). The Morgan fingerprint density at radius 3 is 2.51 bits per heavy atom. The van der Waals surface area contributed by atoms with E-state index in [0.29, 0.717) is 36.1 Å². The molecule has 0 bridgehead atoms. The number of aromatic nitrogens is 2. The molecule has 3 heterocycles. The quantitative estimate of drug-likeness (QED) is 0.481. The smallest absolute Gasteiger partial charge is 0.399 e. The predicted molar refractivity (Wildman–Crippen MR) is 134 cm³/mol. The van der Waals surface area contributed by atoms with Crippen molar-refractivity contribution >= 4 is 35.8 Å². The first-order chi connectivity index (χ1) is 16.3. The van der Waals surface area contributed by atoms with Crippen LogP contribution in [0.15, 0.2) is 23.0 Å². The fourth-order valence-electron chi connectivity index (χ4n) is 4.81. The molecule has 1 aromatic heterocycles. The first-order valence-corrected chi connectivity index (χ1v) is 12.2. The Labute approximate surface area is 206 Å². The van der Waals surface area contributed by atoms with Crippen LogP contribution < -0.4 is 16.3 Å². The van der Waals surface area contributed by atoms with Gasteiger partial charge in [0.25, 0.3) is 5.56 Å². The molecule has 1 aromatic carbocycles. The number of amides is 2. The number of aromatic amines is 1. The van der Waals surface area contributed by atoms with E-state index in [1.54, 1.807) is 17.0 Å². The highest BCUT2D eigenvalue weighted by molar-refractivity contribution is 6.62. The van der Waals surface area contributed by atoms with Crippen molar-refractivity contribution in [3.8, 4) is 0 Å². The molecule has 35 heavy (non-hydrogen) atoms. The molecule has 2 aliphatic heterocycles. The number of fused-ring (bicyclic) bond motifs is 1. The van der Waals surface area contributed by atoms with E-state index in [-0.39, 0.29) is 29.3 Å². The van der Waals surface area contributed by atoms with Crippen LogP contribution >= 0.6 is 0 Å². The van der Waals surface area contributed by atoms with Gasteiger partial charge in [-0.2, -0.15) is 0 Å². The van der Waals surface area contributed by atoms with Crippen LogP contribution in [0.2, 0.25) is 0 Å². The SMILES string of the molecule is CC1CC(c2nc3ccc(B4OC(C)(C)C(C)(C)O4)cc3c(=O)[nH]2)N(C(=O)C(NC=O)C(C)C)C1. The van der Waals surface area contributed by atoms with Gasteiger partial charge in [0, 0.05) is 6.54 Å². The van der Waals surface area contributed by atoms with Crippen molar-refractivity contribution in [3.05, 3.63) is 34.4 Å². The maximum atomic E-state index is 13.3. The molecule has 10 heteroatoms. The first-order valence-electron chi connectivity index (χ1n) is 12.2. The van der Waals surface area contributed by atoms with Crippen molar-refractivity contribution in [3.63, 3.8) is 0 Å². The van der Waals surface area contributed by atoms with Crippen LogP contribution in [0.25, 0.3) is 10.9 Å². The number of nitrogens with zero attached hydrogens (tertiary/aromatic N) is 2. The van der Waals surface area contributed by atoms with Crippen LogP contribution in [0.4, 0.5) is 0 Å². The minimum atomic E-state index is -0.630. The largest absolute Gasteiger partial charge is 0.494 e. The van der Waals surface area contributed by atoms with E-state index < -0.39 is 24.4 Å². The second-order valence-electron chi connectivity index (χ2n) is 11.2. The fourth-order valence-corrected chi connectivity index (χ4v) is 4.81. The average molecular weight is 482 g/mol. The van der Waals surface area contributed by atoms with Gasteiger partial charge in [0.15, 0.2) is 0 Å². The highest BCUT2D eigenvalue weighted by Crippen LogP contribution is 2.37. The Morgan fingerprint density at radius 1 is 1.26 bits per heavy atom. The van der Waals surface area contributed by atoms with Gasteiger partial charge in [-0.1, -0.05) is 26.8 Å². The highest BCUT2D eigenvalue weighted by Gasteiger charge is 2.51. The number of benzene rings is 1. The van der Waals surface area contributed by atoms with Crippen molar-refractivity contribution in [2.75, 3.05) is 6.54 Å². The third-order valence-corrected chi connectivity index (χ3v) is 7.56. The van der Waals surface area contributed by atoms with Crippen molar-refractivity contribution in [2.24, 2.45) is 11.8 Å². The number of H-pyrrole nitrogens is 1. The third kappa shape index (κ3) is 4.61. The molecule has 9 nitrogen and oxygen atoms in total. The Bertz CT molecular complexity index is 1180. The third-order valence-electron chi connectivity index (χ3n) is 7.56. The topological polar surface area (TPSA) is 114 Å². The van der Waals surface area contributed by atoms with Crippen LogP contribution in [0.1, 0.15) is 66.8 Å². The summed E-state index contributed by atoms with van der Waals surface area (Å²) >= 11 is 0. The van der Waals surface area contributed by atoms with E-state index in [9.17, 15) is 14.4 Å². The highest BCUT2D eigenvalue weighted by atomic mass is 16.7. The second kappa shape index (κ2) is 9.06. The summed E-state index contributed by atoms with van der Waals surface area (Å²) in [6.07, 6.45) is 1.24. The number of hydrogen-bond donors (Lipinski definition) is 2. The van der Waals surface area contributed by atoms with Crippen LogP contribution in [0, 0.1) is 11.8 Å². The molecule has 2 saturated heterocycles. The second-order valence-corrected chi connectivity index (χ2v) is 11.2. The van der Waals surface area contributed by atoms with E-state index in [1.807, 2.05) is 47.6 Å². The maximum Gasteiger partial charge on any atom is 0.494 e. The number of carbonyl (C=O) groups excluding carboxylic acids is 2. The van der Waals surface area contributed by atoms with Gasteiger partial charge in [-0.15, -0.1) is 0 Å². The van der Waals surface area contributed by atoms with E-state index in [2.05, 4.69) is 17.2 Å². The molecule has 3 unspecified atom stereocenters. The van der Waals surface area contributed by atoms with Crippen LogP contribution in [-0.2, 0) is 18.9 Å². The first kappa shape index (κ1) is 25.4. The number of hydrogen-bond acceptors (Lipinski definition) is 6. The lowest BCUT2D eigenvalue weighted by Gasteiger charge is -2.32. The molecule has 2 aromatic rings. The minimum absolute atomic E-state index is 0.0683. The molecule has 3 atom stereocenters. The van der Waals surface area contributed by atoms with Gasteiger partial charge in [0.2, 0.25) is 12.3 Å². The molecule has 0 saturated carbocycles. The predicted octanol–water partition coefficient (Wildman–Crippen LogP) is 1.90. The fraction of sp³-hybridized carbons (Fsp3) is 0.600. The van der Waals surface area contributed by atoms with Gasteiger partial charge in [-0.3, -0.25) is 14.4 Å². The lowest BCUT2D eigenvalue weighted by Crippen LogP contribution is -2.49. The van der Waals surface area contributed by atoms with Crippen LogP contribution in [0.5, 0.6) is 0 Å². The van der Waals surface area contributed by atoms with Gasteiger partial charge in [-0.25, -0.2) is 4.98 Å². The minimum Gasteiger partial charge on any atom is -0.399 e. The number of likely N-dealkylation sites (tertiary alicyclic amines) is 1. The van der Waals surface area contributed by atoms with E-state index in [1.165, 1.54) is 0 Å². The molecule has 2 N–H and O–H groups in total. The summed E-state index contributed by atoms with van der Waals surface area (Å²) in [6.45, 7) is 14.3. The Kier molecular flexibility index (Phi) is 6.57. The molecule has 0 radical (unpaired) electrons. The molecule has 2 fully saturated rings. The van der Waals surface area contributed by atoms with E-state index >= 15 is 0 Å². The lowest BCUT2D eigenvalue weighted by molar-refractivity contribution is -0.137. The molecular weight excluding hydrogens is 447 g/mol. The summed E-state index contributed by atoms with van der Waals surface area (Å²) in [5.41, 5.74) is 0.0532. The molecule has 0 aliphatic carbocycles. The Morgan fingerprint density at radius 2 is 1.91 bits per heavy atom. The molecule has 0 spiro atoms. The maximum absolute atomic E-state index is 13.3. The van der Waals surface area contributed by atoms with E-state index in [0.717, 1.165) is 5.46 Å². The average Bonchev–Trinajstić information content (AvgIpc) is 3.27. The summed E-state index contributed by atoms with van der Waals surface area (Å²) in [7, 11) is -0.578.